The molecule has 1 heterocycles. The van der Waals surface area contributed by atoms with E-state index in [4.69, 9.17) is 9.11 Å². The molecule has 0 saturated carbocycles. The van der Waals surface area contributed by atoms with Gasteiger partial charge in [-0.25, -0.2) is 0 Å². The minimum absolute atomic E-state index is 0.319. The maximum absolute atomic E-state index is 10.6. The summed E-state index contributed by atoms with van der Waals surface area (Å²) >= 11 is 0. The largest absolute Gasteiger partial charge is 0.446 e. The minimum Gasteiger partial charge on any atom is -0.446 e. The first-order valence-corrected chi connectivity index (χ1v) is 6.06. The molecular weight excluding hydrogens is 236 g/mol. The van der Waals surface area contributed by atoms with Crippen molar-refractivity contribution in [2.24, 2.45) is 0 Å². The van der Waals surface area contributed by atoms with Crippen LogP contribution in [0.15, 0.2) is 20.5 Å². The number of furan rings is 1. The van der Waals surface area contributed by atoms with Crippen LogP contribution in [0.1, 0.15) is 5.76 Å². The molecule has 0 fully saturated rings. The van der Waals surface area contributed by atoms with E-state index in [1.165, 1.54) is 0 Å². The summed E-state index contributed by atoms with van der Waals surface area (Å²) in [6, 6.07) is 0.528. The molecule has 0 bridgehead atoms. The molecule has 1 aromatic rings. The van der Waals surface area contributed by atoms with Gasteiger partial charge in [0.25, 0.3) is 10.1 Å². The van der Waals surface area contributed by atoms with Crippen LogP contribution in [-0.2, 0) is 20.2 Å². The molecule has 9 heteroatoms. The number of aryl methyl sites for hydroxylation is 1. The van der Waals surface area contributed by atoms with Gasteiger partial charge in [0, 0.05) is 6.07 Å². The van der Waals surface area contributed by atoms with Gasteiger partial charge >= 0.3 is 10.1 Å². The van der Waals surface area contributed by atoms with Crippen LogP contribution in [-0.4, -0.2) is 25.9 Å². The molecule has 0 amide bonds. The highest BCUT2D eigenvalue weighted by Crippen LogP contribution is 2.22. The third-order valence-electron chi connectivity index (χ3n) is 1.38. The second-order valence-electron chi connectivity index (χ2n) is 2.44. The molecule has 0 aromatic carbocycles. The fourth-order valence-corrected chi connectivity index (χ4v) is 2.06. The molecule has 1 aromatic heterocycles. The molecule has 0 radical (unpaired) electrons. The fraction of sp³-hybridized carbons (Fsp3) is 0.200. The summed E-state index contributed by atoms with van der Waals surface area (Å²) in [5.41, 5.74) is 0. The SMILES string of the molecule is Cc1oc(S(=O)(=O)O)cc1S(=O)(=O)O. The fourth-order valence-electron chi connectivity index (χ4n) is 0.823. The summed E-state index contributed by atoms with van der Waals surface area (Å²) in [6.07, 6.45) is 0. The first kappa shape index (κ1) is 11.2. The third kappa shape index (κ3) is 2.12. The van der Waals surface area contributed by atoms with Gasteiger partial charge in [-0.15, -0.1) is 0 Å². The van der Waals surface area contributed by atoms with Gasteiger partial charge in [-0.05, 0) is 6.92 Å². The van der Waals surface area contributed by atoms with Gasteiger partial charge in [0.15, 0.2) is 0 Å². The van der Waals surface area contributed by atoms with E-state index in [1.54, 1.807) is 0 Å². The van der Waals surface area contributed by atoms with Crippen LogP contribution in [0.4, 0.5) is 0 Å². The molecule has 0 saturated heterocycles. The second-order valence-corrected chi connectivity index (χ2v) is 5.18. The highest BCUT2D eigenvalue weighted by molar-refractivity contribution is 7.86. The molecule has 0 aliphatic carbocycles. The van der Waals surface area contributed by atoms with Gasteiger partial charge in [0.1, 0.15) is 10.7 Å². The lowest BCUT2D eigenvalue weighted by Gasteiger charge is -1.89. The van der Waals surface area contributed by atoms with Crippen LogP contribution in [0.25, 0.3) is 0 Å². The maximum Gasteiger partial charge on any atom is 0.328 e. The minimum atomic E-state index is -4.61. The Morgan fingerprint density at radius 3 is 1.86 bits per heavy atom. The zero-order valence-electron chi connectivity index (χ0n) is 6.83. The highest BCUT2D eigenvalue weighted by atomic mass is 32.2. The summed E-state index contributed by atoms with van der Waals surface area (Å²) in [7, 11) is -9.15. The average molecular weight is 242 g/mol. The molecule has 2 N–H and O–H groups in total. The molecule has 14 heavy (non-hydrogen) atoms. The van der Waals surface area contributed by atoms with Crippen molar-refractivity contribution in [1.29, 1.82) is 0 Å². The average Bonchev–Trinajstić information content (AvgIpc) is 2.27. The Hall–Kier alpha value is -0.900. The van der Waals surface area contributed by atoms with Gasteiger partial charge in [0.2, 0.25) is 5.09 Å². The Morgan fingerprint density at radius 2 is 1.64 bits per heavy atom. The van der Waals surface area contributed by atoms with Crippen molar-refractivity contribution < 1.29 is 30.4 Å². The molecule has 0 atom stereocenters. The van der Waals surface area contributed by atoms with Crippen molar-refractivity contribution in [3.8, 4) is 0 Å². The lowest BCUT2D eigenvalue weighted by atomic mass is 10.5. The zero-order valence-corrected chi connectivity index (χ0v) is 8.46. The third-order valence-corrected chi connectivity index (χ3v) is 3.05. The molecule has 0 aliphatic heterocycles. The summed E-state index contributed by atoms with van der Waals surface area (Å²) in [6.45, 7) is 1.14. The summed E-state index contributed by atoms with van der Waals surface area (Å²) in [4.78, 5) is -0.690. The second kappa shape index (κ2) is 3.05. The Labute approximate surface area is 79.8 Å². The van der Waals surface area contributed by atoms with Crippen molar-refractivity contribution in [1.82, 2.24) is 0 Å². The van der Waals surface area contributed by atoms with E-state index in [1.807, 2.05) is 0 Å². The first-order valence-electron chi connectivity index (χ1n) is 3.18. The lowest BCUT2D eigenvalue weighted by Crippen LogP contribution is -1.98. The Morgan fingerprint density at radius 1 is 1.14 bits per heavy atom. The molecule has 80 valence electrons. The van der Waals surface area contributed by atoms with E-state index >= 15 is 0 Å². The Balaban J connectivity index is 3.49. The molecule has 0 unspecified atom stereocenters. The van der Waals surface area contributed by atoms with Crippen molar-refractivity contribution >= 4 is 20.2 Å². The summed E-state index contributed by atoms with van der Waals surface area (Å²) in [5, 5.41) is -0.928. The predicted octanol–water partition coefficient (Wildman–Crippen LogP) is 0.0814. The van der Waals surface area contributed by atoms with Crippen molar-refractivity contribution in [2.45, 2.75) is 16.9 Å². The van der Waals surface area contributed by atoms with Crippen LogP contribution in [0.2, 0.25) is 0 Å². The quantitative estimate of drug-likeness (QED) is 0.704. The zero-order chi connectivity index (χ0) is 11.1. The molecule has 0 spiro atoms. The van der Waals surface area contributed by atoms with Crippen LogP contribution in [0, 0.1) is 6.92 Å². The van der Waals surface area contributed by atoms with Crippen molar-refractivity contribution in [3.63, 3.8) is 0 Å². The van der Waals surface area contributed by atoms with E-state index in [2.05, 4.69) is 4.42 Å². The van der Waals surface area contributed by atoms with E-state index < -0.39 is 30.2 Å². The van der Waals surface area contributed by atoms with E-state index in [9.17, 15) is 16.8 Å². The molecule has 0 aliphatic rings. The van der Waals surface area contributed by atoms with Crippen LogP contribution >= 0.6 is 0 Å². The summed E-state index contributed by atoms with van der Waals surface area (Å²) in [5.74, 6) is -0.319. The Kier molecular flexibility index (Phi) is 2.44. The monoisotopic (exact) mass is 242 g/mol. The van der Waals surface area contributed by atoms with E-state index in [0.29, 0.717) is 6.07 Å². The van der Waals surface area contributed by atoms with Gasteiger partial charge in [-0.1, -0.05) is 0 Å². The number of hydrogen-bond donors (Lipinski definition) is 2. The first-order chi connectivity index (χ1) is 6.12. The highest BCUT2D eigenvalue weighted by Gasteiger charge is 2.24. The number of hydrogen-bond acceptors (Lipinski definition) is 5. The number of rotatable bonds is 2. The predicted molar refractivity (Wildman–Crippen MR) is 43.1 cm³/mol. The van der Waals surface area contributed by atoms with Crippen LogP contribution in [0.3, 0.4) is 0 Å². The van der Waals surface area contributed by atoms with Crippen LogP contribution in [0.5, 0.6) is 0 Å². The van der Waals surface area contributed by atoms with Gasteiger partial charge in [-0.2, -0.15) is 16.8 Å². The maximum atomic E-state index is 10.6. The smallest absolute Gasteiger partial charge is 0.328 e. The lowest BCUT2D eigenvalue weighted by molar-refractivity contribution is 0.391. The van der Waals surface area contributed by atoms with Gasteiger partial charge in [0.05, 0.1) is 0 Å². The standard InChI is InChI=1S/C5H6O7S2/c1-3-4(13(6,7)8)2-5(12-3)14(9,10)11/h2H,1H3,(H,6,7,8)(H,9,10,11). The molecular formula is C5H6O7S2. The molecule has 7 nitrogen and oxygen atoms in total. The molecule has 1 rings (SSSR count). The Bertz CT molecular complexity index is 547. The van der Waals surface area contributed by atoms with Crippen LogP contribution < -0.4 is 0 Å². The van der Waals surface area contributed by atoms with Gasteiger partial charge < -0.3 is 4.42 Å². The van der Waals surface area contributed by atoms with Crippen molar-refractivity contribution in [3.05, 3.63) is 11.8 Å². The summed E-state index contributed by atoms with van der Waals surface area (Å²) < 4.78 is 63.8. The normalized spacial score (nSPS) is 13.1. The van der Waals surface area contributed by atoms with Crippen molar-refractivity contribution in [2.75, 3.05) is 0 Å². The van der Waals surface area contributed by atoms with E-state index in [0.717, 1.165) is 6.92 Å². The topological polar surface area (TPSA) is 122 Å². The van der Waals surface area contributed by atoms with E-state index in [-0.39, 0.29) is 5.76 Å². The van der Waals surface area contributed by atoms with Gasteiger partial charge in [-0.3, -0.25) is 9.11 Å².